The van der Waals surface area contributed by atoms with Crippen LogP contribution in [0.2, 0.25) is 0 Å². The smallest absolute Gasteiger partial charge is 0.306 e. The van der Waals surface area contributed by atoms with Gasteiger partial charge in [0.15, 0.2) is 6.10 Å². The van der Waals surface area contributed by atoms with Crippen LogP contribution in [-0.4, -0.2) is 37.2 Å². The fourth-order valence-electron chi connectivity index (χ4n) is 9.23. The molecular weight excluding hydrogens is 817 g/mol. The van der Waals surface area contributed by atoms with Crippen LogP contribution >= 0.6 is 0 Å². The van der Waals surface area contributed by atoms with Crippen molar-refractivity contribution >= 4 is 17.9 Å². The van der Waals surface area contributed by atoms with Gasteiger partial charge in [-0.2, -0.15) is 0 Å². The number of rotatable bonds is 54. The summed E-state index contributed by atoms with van der Waals surface area (Å²) in [6, 6.07) is 0. The molecule has 0 aliphatic heterocycles. The third-order valence-corrected chi connectivity index (χ3v) is 13.7. The van der Waals surface area contributed by atoms with Crippen LogP contribution in [-0.2, 0) is 28.6 Å². The minimum Gasteiger partial charge on any atom is -0.462 e. The van der Waals surface area contributed by atoms with Gasteiger partial charge in [0.1, 0.15) is 13.2 Å². The molecule has 0 unspecified atom stereocenters. The second-order valence-electron chi connectivity index (χ2n) is 21.6. The molecule has 0 heterocycles. The Hall–Kier alpha value is -1.59. The molecule has 6 nitrogen and oxygen atoms in total. The van der Waals surface area contributed by atoms with Gasteiger partial charge in [-0.15, -0.1) is 0 Å². The van der Waals surface area contributed by atoms with Crippen molar-refractivity contribution in [3.63, 3.8) is 0 Å². The van der Waals surface area contributed by atoms with Crippen LogP contribution in [0.4, 0.5) is 0 Å². The van der Waals surface area contributed by atoms with Crippen molar-refractivity contribution in [3.8, 4) is 0 Å². The number of carbonyl (C=O) groups is 3. The van der Waals surface area contributed by atoms with Gasteiger partial charge >= 0.3 is 17.9 Å². The lowest BCUT2D eigenvalue weighted by atomic mass is 10.0. The Morgan fingerprint density at radius 1 is 0.288 bits per heavy atom. The maximum Gasteiger partial charge on any atom is 0.306 e. The molecule has 0 saturated heterocycles. The highest BCUT2D eigenvalue weighted by atomic mass is 16.6. The average Bonchev–Trinajstić information content (AvgIpc) is 3.29. The minimum absolute atomic E-state index is 0.0624. The lowest BCUT2D eigenvalue weighted by Gasteiger charge is -2.18. The third-order valence-electron chi connectivity index (χ3n) is 13.7. The van der Waals surface area contributed by atoms with Crippen LogP contribution in [0.25, 0.3) is 0 Å². The van der Waals surface area contributed by atoms with Crippen molar-refractivity contribution in [1.82, 2.24) is 0 Å². The molecule has 0 aromatic rings. The molecule has 392 valence electrons. The second-order valence-corrected chi connectivity index (χ2v) is 21.6. The average molecular weight is 934 g/mol. The van der Waals surface area contributed by atoms with E-state index in [-0.39, 0.29) is 31.1 Å². The second kappa shape index (κ2) is 52.8. The van der Waals surface area contributed by atoms with E-state index in [9.17, 15) is 14.4 Å². The Balaban J connectivity index is 4.29. The zero-order valence-corrected chi connectivity index (χ0v) is 45.3. The molecule has 6 heteroatoms. The maximum atomic E-state index is 12.9. The van der Waals surface area contributed by atoms with E-state index < -0.39 is 6.10 Å². The summed E-state index contributed by atoms with van der Waals surface area (Å²) in [5.74, 6) is 0.847. The number of hydrogen-bond donors (Lipinski definition) is 0. The Morgan fingerprint density at radius 3 is 0.742 bits per heavy atom. The first-order valence-corrected chi connectivity index (χ1v) is 29.7. The molecule has 1 atom stereocenters. The first-order valence-electron chi connectivity index (χ1n) is 29.7. The van der Waals surface area contributed by atoms with Gasteiger partial charge < -0.3 is 14.2 Å². The molecule has 0 amide bonds. The molecule has 0 aliphatic carbocycles. The molecule has 0 aromatic heterocycles. The van der Waals surface area contributed by atoms with Crippen molar-refractivity contribution in [2.45, 2.75) is 343 Å². The van der Waals surface area contributed by atoms with Crippen molar-refractivity contribution < 1.29 is 28.6 Å². The zero-order valence-electron chi connectivity index (χ0n) is 45.3. The van der Waals surface area contributed by atoms with E-state index in [1.807, 2.05) is 0 Å². The highest BCUT2D eigenvalue weighted by Gasteiger charge is 2.19. The van der Waals surface area contributed by atoms with Gasteiger partial charge in [0.05, 0.1) is 0 Å². The molecule has 0 aromatic carbocycles. The van der Waals surface area contributed by atoms with E-state index in [1.54, 1.807) is 0 Å². The molecule has 0 radical (unpaired) electrons. The SMILES string of the molecule is CCCCCCCCCCCCCCCCCC(=O)O[C@H](COC(=O)CCCCCCCCCCCCCCCCCC(C)C)COC(=O)CCCCCCCCCCCCCCC(C)C. The van der Waals surface area contributed by atoms with Gasteiger partial charge in [-0.25, -0.2) is 0 Å². The lowest BCUT2D eigenvalue weighted by molar-refractivity contribution is -0.167. The van der Waals surface area contributed by atoms with Gasteiger partial charge in [0.2, 0.25) is 0 Å². The lowest BCUT2D eigenvalue weighted by Crippen LogP contribution is -2.30. The first-order chi connectivity index (χ1) is 32.2. The van der Waals surface area contributed by atoms with Gasteiger partial charge in [-0.1, -0.05) is 298 Å². The molecule has 66 heavy (non-hydrogen) atoms. The summed E-state index contributed by atoms with van der Waals surface area (Å²) in [6.45, 7) is 11.4. The maximum absolute atomic E-state index is 12.9. The van der Waals surface area contributed by atoms with Crippen LogP contribution in [0.1, 0.15) is 336 Å². The van der Waals surface area contributed by atoms with E-state index in [4.69, 9.17) is 14.2 Å². The summed E-state index contributed by atoms with van der Waals surface area (Å²) in [5, 5.41) is 0. The highest BCUT2D eigenvalue weighted by Crippen LogP contribution is 2.18. The van der Waals surface area contributed by atoms with E-state index in [1.165, 1.54) is 225 Å². The van der Waals surface area contributed by atoms with E-state index in [0.717, 1.165) is 69.6 Å². The van der Waals surface area contributed by atoms with Crippen molar-refractivity contribution in [2.24, 2.45) is 11.8 Å². The van der Waals surface area contributed by atoms with Crippen molar-refractivity contribution in [3.05, 3.63) is 0 Å². The Morgan fingerprint density at radius 2 is 0.500 bits per heavy atom. The van der Waals surface area contributed by atoms with Crippen LogP contribution in [0, 0.1) is 11.8 Å². The van der Waals surface area contributed by atoms with Crippen molar-refractivity contribution in [1.29, 1.82) is 0 Å². The summed E-state index contributed by atoms with van der Waals surface area (Å²) >= 11 is 0. The molecule has 0 spiro atoms. The predicted octanol–water partition coefficient (Wildman–Crippen LogP) is 19.7. The van der Waals surface area contributed by atoms with Gasteiger partial charge in [0.25, 0.3) is 0 Å². The summed E-state index contributed by atoms with van der Waals surface area (Å²) in [5.41, 5.74) is 0. The first kappa shape index (κ1) is 64.4. The van der Waals surface area contributed by atoms with E-state index in [2.05, 4.69) is 34.6 Å². The normalized spacial score (nSPS) is 12.0. The van der Waals surface area contributed by atoms with E-state index in [0.29, 0.717) is 19.3 Å². The number of ether oxygens (including phenoxy) is 3. The fraction of sp³-hybridized carbons (Fsp3) is 0.950. The highest BCUT2D eigenvalue weighted by molar-refractivity contribution is 5.71. The van der Waals surface area contributed by atoms with Gasteiger partial charge in [-0.3, -0.25) is 14.4 Å². The Bertz CT molecular complexity index is 1010. The summed E-state index contributed by atoms with van der Waals surface area (Å²) in [6.07, 6.45) is 56.6. The minimum atomic E-state index is -0.763. The van der Waals surface area contributed by atoms with Gasteiger partial charge in [-0.05, 0) is 31.1 Å². The molecular formula is C60H116O6. The Labute approximate surface area is 412 Å². The molecule has 0 bridgehead atoms. The Kier molecular flexibility index (Phi) is 51.5. The molecule has 0 rings (SSSR count). The monoisotopic (exact) mass is 933 g/mol. The summed E-state index contributed by atoms with van der Waals surface area (Å²) < 4.78 is 16.9. The number of unbranched alkanes of at least 4 members (excludes halogenated alkanes) is 39. The standard InChI is InChI=1S/C60H116O6/c1-6-7-8-9-10-11-12-13-15-20-27-32-37-42-47-52-60(63)66-57(54-65-59(62)51-46-41-36-31-26-22-21-24-29-34-39-44-49-56(4)5)53-64-58(61)50-45-40-35-30-25-19-17-14-16-18-23-28-33-38-43-48-55(2)3/h55-57H,6-54H2,1-5H3/t57-/m1/s1. The largest absolute Gasteiger partial charge is 0.462 e. The van der Waals surface area contributed by atoms with Crippen molar-refractivity contribution in [2.75, 3.05) is 13.2 Å². The fourth-order valence-corrected chi connectivity index (χ4v) is 9.23. The molecule has 0 saturated carbocycles. The van der Waals surface area contributed by atoms with Crippen LogP contribution in [0.3, 0.4) is 0 Å². The summed E-state index contributed by atoms with van der Waals surface area (Å²) in [4.78, 5) is 38.2. The topological polar surface area (TPSA) is 78.9 Å². The molecule has 0 N–H and O–H groups in total. The van der Waals surface area contributed by atoms with Crippen LogP contribution < -0.4 is 0 Å². The quantitative estimate of drug-likeness (QED) is 0.0343. The van der Waals surface area contributed by atoms with Gasteiger partial charge in [0, 0.05) is 19.3 Å². The third kappa shape index (κ3) is 53.4. The van der Waals surface area contributed by atoms with E-state index >= 15 is 0 Å². The van der Waals surface area contributed by atoms with Crippen LogP contribution in [0.15, 0.2) is 0 Å². The number of carbonyl (C=O) groups excluding carboxylic acids is 3. The summed E-state index contributed by atoms with van der Waals surface area (Å²) in [7, 11) is 0. The number of esters is 3. The molecule has 0 fully saturated rings. The zero-order chi connectivity index (χ0) is 48.2. The predicted molar refractivity (Wildman–Crippen MR) is 284 cm³/mol. The molecule has 0 aliphatic rings. The van der Waals surface area contributed by atoms with Crippen LogP contribution in [0.5, 0.6) is 0 Å². The number of hydrogen-bond acceptors (Lipinski definition) is 6.